The molecule has 0 heterocycles. The van der Waals surface area contributed by atoms with Crippen molar-refractivity contribution in [3.63, 3.8) is 0 Å². The van der Waals surface area contributed by atoms with E-state index in [-0.39, 0.29) is 28.5 Å². The predicted molar refractivity (Wildman–Crippen MR) is 108 cm³/mol. The lowest BCUT2D eigenvalue weighted by Crippen LogP contribution is -2.23. The van der Waals surface area contributed by atoms with E-state index in [1.807, 2.05) is 0 Å². The number of aryl methyl sites for hydroxylation is 1. The highest BCUT2D eigenvalue weighted by Gasteiger charge is 2.19. The first-order chi connectivity index (χ1) is 13.7. The molecule has 0 radical (unpaired) electrons. The van der Waals surface area contributed by atoms with E-state index in [0.29, 0.717) is 10.5 Å². The minimum absolute atomic E-state index is 0.0920. The van der Waals surface area contributed by atoms with Crippen LogP contribution in [-0.4, -0.2) is 53.9 Å². The van der Waals surface area contributed by atoms with Gasteiger partial charge in [-0.15, -0.1) is 11.8 Å². The number of carbonyl (C=O) groups is 3. The molecule has 0 aliphatic rings. The maximum Gasteiger partial charge on any atom is 0.339 e. The molecule has 9 heteroatoms. The second-order valence-electron chi connectivity index (χ2n) is 6.33. The zero-order valence-corrected chi connectivity index (χ0v) is 17.0. The highest BCUT2D eigenvalue weighted by molar-refractivity contribution is 8.00. The fourth-order valence-electron chi connectivity index (χ4n) is 2.30. The first-order valence-corrected chi connectivity index (χ1v) is 9.56. The average molecular weight is 416 g/mol. The summed E-state index contributed by atoms with van der Waals surface area (Å²) < 4.78 is 5.10. The first-order valence-electron chi connectivity index (χ1n) is 8.58. The average Bonchev–Trinajstić information content (AvgIpc) is 2.70. The molecule has 2 rings (SSSR count). The number of esters is 1. The maximum absolute atomic E-state index is 12.4. The van der Waals surface area contributed by atoms with Crippen LogP contribution in [0.2, 0.25) is 0 Å². The number of ketones is 1. The highest BCUT2D eigenvalue weighted by atomic mass is 32.2. The molecule has 0 aliphatic carbocycles. The van der Waals surface area contributed by atoms with Crippen molar-refractivity contribution < 1.29 is 24.0 Å². The van der Waals surface area contributed by atoms with Crippen LogP contribution in [0.25, 0.3) is 0 Å². The molecule has 8 nitrogen and oxygen atoms in total. The topological polar surface area (TPSA) is 107 Å². The lowest BCUT2D eigenvalue weighted by atomic mass is 10.1. The van der Waals surface area contributed by atoms with Gasteiger partial charge in [-0.25, -0.2) is 4.79 Å². The summed E-state index contributed by atoms with van der Waals surface area (Å²) in [5.74, 6) is -1.20. The quantitative estimate of drug-likeness (QED) is 0.214. The molecule has 2 aromatic rings. The molecule has 0 aromatic heterocycles. The molecule has 152 valence electrons. The van der Waals surface area contributed by atoms with Crippen LogP contribution in [0.15, 0.2) is 47.4 Å². The summed E-state index contributed by atoms with van der Waals surface area (Å²) in [6, 6.07) is 10.7. The molecule has 0 fully saturated rings. The van der Waals surface area contributed by atoms with Crippen molar-refractivity contribution in [1.29, 1.82) is 0 Å². The Labute approximate surface area is 172 Å². The summed E-state index contributed by atoms with van der Waals surface area (Å²) in [5.41, 5.74) is 0.595. The van der Waals surface area contributed by atoms with Gasteiger partial charge in [0.2, 0.25) is 11.7 Å². The third kappa shape index (κ3) is 5.89. The van der Waals surface area contributed by atoms with E-state index in [1.54, 1.807) is 45.3 Å². The van der Waals surface area contributed by atoms with Crippen LogP contribution < -0.4 is 0 Å². The second-order valence-corrected chi connectivity index (χ2v) is 7.35. The van der Waals surface area contributed by atoms with Crippen molar-refractivity contribution >= 4 is 35.1 Å². The molecule has 0 N–H and O–H groups in total. The first kappa shape index (κ1) is 22.1. The standard InChI is InChI=1S/C20H20N2O6S/c1-13-8-9-14(10-16(13)22(26)27)17(23)11-28-20(25)15-6-4-5-7-18(15)29-12-19(24)21(2)3/h4-10H,11-12H2,1-3H3. The molecule has 0 spiro atoms. The van der Waals surface area contributed by atoms with Crippen LogP contribution in [0.5, 0.6) is 0 Å². The van der Waals surface area contributed by atoms with E-state index in [9.17, 15) is 24.5 Å². The molecule has 0 saturated carbocycles. The third-order valence-electron chi connectivity index (χ3n) is 4.02. The van der Waals surface area contributed by atoms with Gasteiger partial charge < -0.3 is 9.64 Å². The SMILES string of the molecule is Cc1ccc(C(=O)COC(=O)c2ccccc2SCC(=O)N(C)C)cc1[N+](=O)[O-]. The summed E-state index contributed by atoms with van der Waals surface area (Å²) in [7, 11) is 3.29. The Morgan fingerprint density at radius 1 is 1.14 bits per heavy atom. The molecule has 0 aliphatic heterocycles. The summed E-state index contributed by atoms with van der Waals surface area (Å²) in [6.07, 6.45) is 0. The van der Waals surface area contributed by atoms with Crippen LogP contribution in [0.3, 0.4) is 0 Å². The van der Waals surface area contributed by atoms with Gasteiger partial charge in [0, 0.05) is 36.2 Å². The smallest absolute Gasteiger partial charge is 0.339 e. The second kappa shape index (κ2) is 9.83. The molecule has 0 bridgehead atoms. The van der Waals surface area contributed by atoms with E-state index in [4.69, 9.17) is 4.74 Å². The zero-order valence-electron chi connectivity index (χ0n) is 16.2. The Morgan fingerprint density at radius 3 is 2.48 bits per heavy atom. The molecule has 2 aromatic carbocycles. The Balaban J connectivity index is 2.06. The Kier molecular flexibility index (Phi) is 7.49. The van der Waals surface area contributed by atoms with Gasteiger partial charge in [0.25, 0.3) is 5.69 Å². The summed E-state index contributed by atoms with van der Waals surface area (Å²) >= 11 is 1.20. The van der Waals surface area contributed by atoms with Crippen LogP contribution in [-0.2, 0) is 9.53 Å². The van der Waals surface area contributed by atoms with Crippen LogP contribution in [0.4, 0.5) is 5.69 Å². The number of nitro benzene ring substituents is 1. The van der Waals surface area contributed by atoms with Gasteiger partial charge in [-0.3, -0.25) is 19.7 Å². The van der Waals surface area contributed by atoms with E-state index < -0.39 is 23.3 Å². The Morgan fingerprint density at radius 2 is 1.83 bits per heavy atom. The Bertz CT molecular complexity index is 958. The van der Waals surface area contributed by atoms with Crippen molar-refractivity contribution in [2.45, 2.75) is 11.8 Å². The molecule has 29 heavy (non-hydrogen) atoms. The lowest BCUT2D eigenvalue weighted by molar-refractivity contribution is -0.385. The number of hydrogen-bond acceptors (Lipinski definition) is 7. The molecule has 0 saturated heterocycles. The van der Waals surface area contributed by atoms with Crippen LogP contribution >= 0.6 is 11.8 Å². The molecular formula is C20H20N2O6S. The number of thioether (sulfide) groups is 1. The summed E-state index contributed by atoms with van der Waals surface area (Å²) in [4.78, 5) is 48.9. The number of rotatable bonds is 8. The highest BCUT2D eigenvalue weighted by Crippen LogP contribution is 2.24. The summed E-state index contributed by atoms with van der Waals surface area (Å²) in [6.45, 7) is 1.02. The van der Waals surface area contributed by atoms with E-state index >= 15 is 0 Å². The number of amides is 1. The van der Waals surface area contributed by atoms with E-state index in [2.05, 4.69) is 0 Å². The van der Waals surface area contributed by atoms with Crippen molar-refractivity contribution in [2.24, 2.45) is 0 Å². The van der Waals surface area contributed by atoms with Gasteiger partial charge in [-0.1, -0.05) is 24.3 Å². The van der Waals surface area contributed by atoms with Crippen LogP contribution in [0.1, 0.15) is 26.3 Å². The monoisotopic (exact) mass is 416 g/mol. The number of carbonyl (C=O) groups excluding carboxylic acids is 3. The largest absolute Gasteiger partial charge is 0.454 e. The van der Waals surface area contributed by atoms with E-state index in [1.165, 1.54) is 34.9 Å². The zero-order chi connectivity index (χ0) is 21.6. The minimum atomic E-state index is -0.708. The summed E-state index contributed by atoms with van der Waals surface area (Å²) in [5, 5.41) is 11.0. The van der Waals surface area contributed by atoms with Gasteiger partial charge in [-0.05, 0) is 19.1 Å². The molecule has 0 atom stereocenters. The fraction of sp³-hybridized carbons (Fsp3) is 0.250. The van der Waals surface area contributed by atoms with Crippen molar-refractivity contribution in [2.75, 3.05) is 26.5 Å². The fourth-order valence-corrected chi connectivity index (χ4v) is 3.32. The lowest BCUT2D eigenvalue weighted by Gasteiger charge is -2.12. The van der Waals surface area contributed by atoms with Gasteiger partial charge in [0.05, 0.1) is 16.2 Å². The minimum Gasteiger partial charge on any atom is -0.454 e. The molecule has 1 amide bonds. The van der Waals surface area contributed by atoms with Crippen LogP contribution in [0, 0.1) is 17.0 Å². The number of hydrogen-bond donors (Lipinski definition) is 0. The normalized spacial score (nSPS) is 10.3. The van der Waals surface area contributed by atoms with Crippen molar-refractivity contribution in [3.8, 4) is 0 Å². The van der Waals surface area contributed by atoms with E-state index in [0.717, 1.165) is 0 Å². The number of ether oxygens (including phenoxy) is 1. The third-order valence-corrected chi connectivity index (χ3v) is 5.08. The number of nitro groups is 1. The Hall–Kier alpha value is -3.20. The van der Waals surface area contributed by atoms with Crippen molar-refractivity contribution in [1.82, 2.24) is 4.90 Å². The van der Waals surface area contributed by atoms with Crippen molar-refractivity contribution in [3.05, 3.63) is 69.3 Å². The number of benzene rings is 2. The maximum atomic E-state index is 12.4. The van der Waals surface area contributed by atoms with Gasteiger partial charge in [-0.2, -0.15) is 0 Å². The number of nitrogens with zero attached hydrogens (tertiary/aromatic N) is 2. The number of Topliss-reactive ketones (excluding diaryl/α,β-unsaturated/α-hetero) is 1. The predicted octanol–water partition coefficient (Wildman–Crippen LogP) is 3.12. The molecular weight excluding hydrogens is 396 g/mol. The van der Waals surface area contributed by atoms with Gasteiger partial charge >= 0.3 is 5.97 Å². The molecule has 0 unspecified atom stereocenters. The van der Waals surface area contributed by atoms with Gasteiger partial charge in [0.15, 0.2) is 6.61 Å². The van der Waals surface area contributed by atoms with Gasteiger partial charge in [0.1, 0.15) is 0 Å².